The van der Waals surface area contributed by atoms with Gasteiger partial charge in [0.2, 0.25) is 0 Å². The summed E-state index contributed by atoms with van der Waals surface area (Å²) in [6.07, 6.45) is 6.58. The first kappa shape index (κ1) is 13.0. The lowest BCUT2D eigenvalue weighted by Gasteiger charge is -2.18. The largest absolute Gasteiger partial charge is 0.486 e. The van der Waals surface area contributed by atoms with Crippen LogP contribution in [0.3, 0.4) is 0 Å². The smallest absolute Gasteiger partial charge is 0.267 e. The van der Waals surface area contributed by atoms with Gasteiger partial charge in [0, 0.05) is 5.56 Å². The molecule has 0 atom stereocenters. The molecule has 0 unspecified atom stereocenters. The summed E-state index contributed by atoms with van der Waals surface area (Å²) in [7, 11) is 0. The first-order valence-corrected chi connectivity index (χ1v) is 7.20. The first-order chi connectivity index (χ1) is 9.92. The summed E-state index contributed by atoms with van der Waals surface area (Å²) >= 11 is 0. The number of hydrogen-bond acceptors (Lipinski definition) is 4. The third-order valence-corrected chi connectivity index (χ3v) is 3.42. The Morgan fingerprint density at radius 2 is 2.00 bits per heavy atom. The van der Waals surface area contributed by atoms with Gasteiger partial charge in [0.15, 0.2) is 11.5 Å². The van der Waals surface area contributed by atoms with Gasteiger partial charge in [-0.2, -0.15) is 5.43 Å². The summed E-state index contributed by atoms with van der Waals surface area (Å²) in [4.78, 5) is 3.36. The number of nitrogens with one attached hydrogen (secondary N) is 2. The van der Waals surface area contributed by atoms with Gasteiger partial charge < -0.3 is 9.47 Å². The van der Waals surface area contributed by atoms with Crippen molar-refractivity contribution >= 4 is 12.1 Å². The number of ether oxygens (including phenoxy) is 2. The fourth-order valence-corrected chi connectivity index (χ4v) is 2.35. The molecule has 0 bridgehead atoms. The Balaban J connectivity index is 1.62. The van der Waals surface area contributed by atoms with Crippen molar-refractivity contribution in [3.63, 3.8) is 0 Å². The van der Waals surface area contributed by atoms with E-state index in [4.69, 9.17) is 9.47 Å². The van der Waals surface area contributed by atoms with Crippen LogP contribution in [0, 0.1) is 0 Å². The number of nitrogens with zero attached hydrogens (tertiary/aromatic N) is 1. The zero-order valence-corrected chi connectivity index (χ0v) is 11.5. The molecule has 5 heteroatoms. The molecule has 1 aromatic rings. The van der Waals surface area contributed by atoms with Crippen molar-refractivity contribution in [2.45, 2.75) is 25.7 Å². The highest BCUT2D eigenvalue weighted by atomic mass is 16.6. The molecule has 106 valence electrons. The normalized spacial score (nSPS) is 18.5. The molecule has 0 saturated heterocycles. The maximum absolute atomic E-state index is 5.55. The summed E-state index contributed by atoms with van der Waals surface area (Å²) < 4.78 is 11.0. The summed E-state index contributed by atoms with van der Waals surface area (Å²) in [5.41, 5.74) is 4.09. The van der Waals surface area contributed by atoms with Crippen molar-refractivity contribution in [1.82, 2.24) is 5.43 Å². The quantitative estimate of drug-likeness (QED) is 0.607. The van der Waals surface area contributed by atoms with Crippen LogP contribution in [0.5, 0.6) is 11.5 Å². The van der Waals surface area contributed by atoms with E-state index in [0.717, 1.165) is 35.9 Å². The molecule has 2 N–H and O–H groups in total. The molecular weight excluding hydrogens is 254 g/mol. The molecule has 0 radical (unpaired) electrons. The maximum Gasteiger partial charge on any atom is 0.267 e. The first-order valence-electron chi connectivity index (χ1n) is 7.20. The van der Waals surface area contributed by atoms with E-state index in [9.17, 15) is 0 Å². The molecule has 2 aliphatic heterocycles. The molecule has 20 heavy (non-hydrogen) atoms. The second-order valence-corrected chi connectivity index (χ2v) is 4.99. The maximum atomic E-state index is 5.55. The molecule has 3 rings (SSSR count). The minimum Gasteiger partial charge on any atom is -0.486 e. The number of amidine groups is 1. The number of rotatable bonds is 2. The average molecular weight is 274 g/mol. The Hall–Kier alpha value is -2.04. The third kappa shape index (κ3) is 3.29. The van der Waals surface area contributed by atoms with E-state index in [2.05, 4.69) is 15.5 Å². The Bertz CT molecular complexity index is 526. The van der Waals surface area contributed by atoms with Crippen LogP contribution in [-0.2, 0) is 0 Å². The molecular formula is C15H20N3O2+. The van der Waals surface area contributed by atoms with Crippen molar-refractivity contribution in [2.24, 2.45) is 5.10 Å². The second kappa shape index (κ2) is 6.41. The third-order valence-electron chi connectivity index (χ3n) is 3.42. The van der Waals surface area contributed by atoms with E-state index in [-0.39, 0.29) is 0 Å². The molecule has 0 spiro atoms. The van der Waals surface area contributed by atoms with Gasteiger partial charge >= 0.3 is 0 Å². The molecule has 5 nitrogen and oxygen atoms in total. The average Bonchev–Trinajstić information content (AvgIpc) is 2.76. The van der Waals surface area contributed by atoms with Gasteiger partial charge in [-0.05, 0) is 37.5 Å². The number of fused-ring (bicyclic) bond motifs is 1. The van der Waals surface area contributed by atoms with E-state index >= 15 is 0 Å². The van der Waals surface area contributed by atoms with Gasteiger partial charge in [-0.25, -0.2) is 0 Å². The molecule has 0 aliphatic carbocycles. The van der Waals surface area contributed by atoms with Gasteiger partial charge in [0.1, 0.15) is 13.2 Å². The summed E-state index contributed by atoms with van der Waals surface area (Å²) in [5, 5.41) is 4.28. The van der Waals surface area contributed by atoms with Crippen molar-refractivity contribution in [3.8, 4) is 11.5 Å². The molecule has 0 fully saturated rings. The van der Waals surface area contributed by atoms with Gasteiger partial charge in [-0.3, -0.25) is 4.99 Å². The van der Waals surface area contributed by atoms with Gasteiger partial charge in [0.05, 0.1) is 19.2 Å². The van der Waals surface area contributed by atoms with Crippen LogP contribution in [-0.4, -0.2) is 31.8 Å². The van der Waals surface area contributed by atoms with Gasteiger partial charge in [-0.1, -0.05) is 5.10 Å². The monoisotopic (exact) mass is 274 g/mol. The van der Waals surface area contributed by atoms with Crippen LogP contribution in [0.4, 0.5) is 0 Å². The van der Waals surface area contributed by atoms with Crippen molar-refractivity contribution in [2.75, 3.05) is 19.8 Å². The zero-order valence-electron chi connectivity index (χ0n) is 11.5. The number of hydrogen-bond donors (Lipinski definition) is 2. The minimum atomic E-state index is 0.605. The lowest BCUT2D eigenvalue weighted by Crippen LogP contribution is -2.75. The minimum absolute atomic E-state index is 0.605. The highest BCUT2D eigenvalue weighted by Crippen LogP contribution is 2.30. The van der Waals surface area contributed by atoms with Crippen LogP contribution in [0.25, 0.3) is 0 Å². The summed E-state index contributed by atoms with van der Waals surface area (Å²) in [5.74, 6) is 2.71. The molecule has 0 aromatic heterocycles. The molecule has 2 heterocycles. The molecule has 1 aromatic carbocycles. The fraction of sp³-hybridized carbons (Fsp3) is 0.467. The van der Waals surface area contributed by atoms with Crippen LogP contribution < -0.4 is 19.9 Å². The van der Waals surface area contributed by atoms with Gasteiger partial charge in [0.25, 0.3) is 5.84 Å². The predicted molar refractivity (Wildman–Crippen MR) is 77.5 cm³/mol. The highest BCUT2D eigenvalue weighted by molar-refractivity contribution is 5.83. The van der Waals surface area contributed by atoms with Crippen LogP contribution in [0.2, 0.25) is 0 Å². The van der Waals surface area contributed by atoms with E-state index in [1.165, 1.54) is 19.3 Å². The lowest BCUT2D eigenvalue weighted by molar-refractivity contribution is -0.459. The van der Waals surface area contributed by atoms with Crippen LogP contribution >= 0.6 is 0 Å². The Labute approximate surface area is 118 Å². The molecule has 2 aliphatic rings. The van der Waals surface area contributed by atoms with Crippen molar-refractivity contribution in [1.29, 1.82) is 0 Å². The number of benzene rings is 1. The van der Waals surface area contributed by atoms with Crippen LogP contribution in [0.15, 0.2) is 23.3 Å². The molecule has 0 saturated carbocycles. The SMILES string of the molecule is C(=N/NC1=[NH+]CCCCC1)/c1ccc2c(c1)OCCO2. The van der Waals surface area contributed by atoms with Gasteiger partial charge in [-0.15, -0.1) is 0 Å². The zero-order chi connectivity index (χ0) is 13.6. The van der Waals surface area contributed by atoms with E-state index < -0.39 is 0 Å². The second-order valence-electron chi connectivity index (χ2n) is 4.99. The molecule has 0 amide bonds. The van der Waals surface area contributed by atoms with E-state index in [1.54, 1.807) is 6.21 Å². The van der Waals surface area contributed by atoms with Crippen LogP contribution in [0.1, 0.15) is 31.2 Å². The Morgan fingerprint density at radius 1 is 1.10 bits per heavy atom. The standard InChI is InChI=1S/C15H19N3O2/c1-2-4-15(16-7-3-1)18-17-11-12-5-6-13-14(10-12)20-9-8-19-13/h5-6,10-11H,1-4,7-9H2,(H,16,18)/p+1/b17-11-. The lowest BCUT2D eigenvalue weighted by atomic mass is 10.2. The van der Waals surface area contributed by atoms with Crippen molar-refractivity contribution in [3.05, 3.63) is 23.8 Å². The summed E-state index contributed by atoms with van der Waals surface area (Å²) in [6, 6.07) is 5.85. The number of hydrazone groups is 1. The topological polar surface area (TPSA) is 56.8 Å². The van der Waals surface area contributed by atoms with E-state index in [0.29, 0.717) is 13.2 Å². The van der Waals surface area contributed by atoms with Crippen molar-refractivity contribution < 1.29 is 14.5 Å². The predicted octanol–water partition coefficient (Wildman–Crippen LogP) is 0.434. The fourth-order valence-electron chi connectivity index (χ4n) is 2.35. The highest BCUT2D eigenvalue weighted by Gasteiger charge is 2.11. The summed E-state index contributed by atoms with van der Waals surface area (Å²) in [6.45, 7) is 2.25. The Kier molecular flexibility index (Phi) is 4.16. The Morgan fingerprint density at radius 3 is 2.95 bits per heavy atom. The van der Waals surface area contributed by atoms with E-state index in [1.807, 2.05) is 18.2 Å².